The molecule has 29 heavy (non-hydrogen) atoms. The molecule has 0 atom stereocenters. The Bertz CT molecular complexity index is 1160. The average Bonchev–Trinajstić information content (AvgIpc) is 3.21. The van der Waals surface area contributed by atoms with Gasteiger partial charge in [0.1, 0.15) is 5.01 Å². The highest BCUT2D eigenvalue weighted by Crippen LogP contribution is 2.32. The predicted octanol–water partition coefficient (Wildman–Crippen LogP) is 3.49. The van der Waals surface area contributed by atoms with Crippen LogP contribution in [0.25, 0.3) is 0 Å². The number of hydrogen-bond acceptors (Lipinski definition) is 6. The number of rotatable bonds is 5. The van der Waals surface area contributed by atoms with Gasteiger partial charge >= 0.3 is 0 Å². The van der Waals surface area contributed by atoms with Gasteiger partial charge in [0.15, 0.2) is 0 Å². The third-order valence-corrected chi connectivity index (χ3v) is 7.53. The van der Waals surface area contributed by atoms with Gasteiger partial charge in [-0.1, -0.05) is 42.5 Å². The smallest absolute Gasteiger partial charge is 0.264 e. The number of carbonyl (C=O) groups excluding carboxylic acids is 1. The second-order valence-corrected chi connectivity index (χ2v) is 9.57. The third-order valence-electron chi connectivity index (χ3n) is 4.74. The Morgan fingerprint density at radius 1 is 1.17 bits per heavy atom. The summed E-state index contributed by atoms with van der Waals surface area (Å²) in [5.74, 6) is -0.417. The first-order chi connectivity index (χ1) is 14.0. The van der Waals surface area contributed by atoms with Crippen molar-refractivity contribution < 1.29 is 13.2 Å². The minimum Gasteiger partial charge on any atom is -0.296 e. The van der Waals surface area contributed by atoms with Gasteiger partial charge in [0, 0.05) is 12.1 Å². The van der Waals surface area contributed by atoms with Crippen molar-refractivity contribution in [3.63, 3.8) is 0 Å². The monoisotopic (exact) mass is 428 g/mol. The van der Waals surface area contributed by atoms with E-state index in [0.717, 1.165) is 29.8 Å². The molecule has 4 rings (SSSR count). The Balaban J connectivity index is 1.62. The van der Waals surface area contributed by atoms with E-state index in [2.05, 4.69) is 15.5 Å². The second-order valence-electron chi connectivity index (χ2n) is 6.65. The van der Waals surface area contributed by atoms with E-state index in [9.17, 15) is 13.2 Å². The zero-order valence-electron chi connectivity index (χ0n) is 15.8. The summed E-state index contributed by atoms with van der Waals surface area (Å²) in [6.07, 6.45) is 2.35. The molecule has 150 valence electrons. The number of amides is 1. The lowest BCUT2D eigenvalue weighted by Crippen LogP contribution is -2.35. The van der Waals surface area contributed by atoms with Gasteiger partial charge in [-0.25, -0.2) is 8.42 Å². The normalized spacial score (nSPS) is 13.8. The standard InChI is InChI=1S/C20H20N4O3S2/c1-2-18-22-23-20(28-18)21-19(25)15-8-5-10-16(13-15)29(26,27)24-12-6-9-14-7-3-4-11-17(14)24/h3-5,7-8,10-11,13H,2,6,9,12H2,1H3,(H,21,23,25). The molecule has 7 nitrogen and oxygen atoms in total. The Hall–Kier alpha value is -2.78. The zero-order chi connectivity index (χ0) is 20.4. The summed E-state index contributed by atoms with van der Waals surface area (Å²) in [6.45, 7) is 2.37. The van der Waals surface area contributed by atoms with Crippen LogP contribution in [0.5, 0.6) is 0 Å². The topological polar surface area (TPSA) is 92.3 Å². The molecule has 0 fully saturated rings. The van der Waals surface area contributed by atoms with Gasteiger partial charge in [-0.2, -0.15) is 0 Å². The summed E-state index contributed by atoms with van der Waals surface area (Å²) in [5.41, 5.74) is 1.97. The van der Waals surface area contributed by atoms with Crippen LogP contribution in [0.2, 0.25) is 0 Å². The number of nitrogens with zero attached hydrogens (tertiary/aromatic N) is 3. The summed E-state index contributed by atoms with van der Waals surface area (Å²) < 4.78 is 28.0. The van der Waals surface area contributed by atoms with Gasteiger partial charge in [-0.05, 0) is 49.1 Å². The lowest BCUT2D eigenvalue weighted by molar-refractivity contribution is 0.102. The third kappa shape index (κ3) is 3.88. The minimum atomic E-state index is -3.78. The summed E-state index contributed by atoms with van der Waals surface area (Å²) in [4.78, 5) is 12.7. The molecule has 3 aromatic rings. The highest BCUT2D eigenvalue weighted by Gasteiger charge is 2.29. The summed E-state index contributed by atoms with van der Waals surface area (Å²) >= 11 is 1.30. The fourth-order valence-corrected chi connectivity index (χ4v) is 5.55. The Morgan fingerprint density at radius 3 is 2.79 bits per heavy atom. The molecule has 2 aromatic carbocycles. The Kier molecular flexibility index (Phi) is 5.33. The van der Waals surface area contributed by atoms with E-state index in [4.69, 9.17) is 0 Å². The number of benzene rings is 2. The van der Waals surface area contributed by atoms with E-state index in [-0.39, 0.29) is 10.5 Å². The van der Waals surface area contributed by atoms with Crippen LogP contribution in [0.1, 0.15) is 34.3 Å². The number of carbonyl (C=O) groups is 1. The molecular weight excluding hydrogens is 408 g/mol. The molecule has 0 unspecified atom stereocenters. The van der Waals surface area contributed by atoms with E-state index in [1.54, 1.807) is 12.1 Å². The number of para-hydroxylation sites is 1. The van der Waals surface area contributed by atoms with Crippen LogP contribution in [-0.4, -0.2) is 31.1 Å². The highest BCUT2D eigenvalue weighted by molar-refractivity contribution is 7.92. The Labute approximate surface area is 173 Å². The van der Waals surface area contributed by atoms with Crippen molar-refractivity contribution in [1.82, 2.24) is 10.2 Å². The molecule has 0 bridgehead atoms. The van der Waals surface area contributed by atoms with Crippen molar-refractivity contribution in [3.8, 4) is 0 Å². The first-order valence-corrected chi connectivity index (χ1v) is 11.6. The van der Waals surface area contributed by atoms with E-state index in [0.29, 0.717) is 17.4 Å². The summed E-state index contributed by atoms with van der Waals surface area (Å²) in [5, 5.41) is 11.8. The van der Waals surface area contributed by atoms with Crippen LogP contribution in [0.4, 0.5) is 10.8 Å². The largest absolute Gasteiger partial charge is 0.296 e. The van der Waals surface area contributed by atoms with Crippen molar-refractivity contribution in [1.29, 1.82) is 0 Å². The summed E-state index contributed by atoms with van der Waals surface area (Å²) in [7, 11) is -3.78. The van der Waals surface area contributed by atoms with Gasteiger partial charge in [0.2, 0.25) is 5.13 Å². The molecule has 1 N–H and O–H groups in total. The first kappa shape index (κ1) is 19.5. The number of sulfonamides is 1. The molecule has 1 aliphatic rings. The second kappa shape index (κ2) is 7.92. The number of hydrogen-bond donors (Lipinski definition) is 1. The van der Waals surface area contributed by atoms with Gasteiger partial charge < -0.3 is 0 Å². The van der Waals surface area contributed by atoms with E-state index in [1.165, 1.54) is 27.8 Å². The van der Waals surface area contributed by atoms with Crippen LogP contribution in [0.3, 0.4) is 0 Å². The molecule has 1 aliphatic heterocycles. The number of fused-ring (bicyclic) bond motifs is 1. The quantitative estimate of drug-likeness (QED) is 0.672. The van der Waals surface area contributed by atoms with Crippen molar-refractivity contribution in [2.24, 2.45) is 0 Å². The molecule has 0 radical (unpaired) electrons. The molecule has 0 spiro atoms. The fourth-order valence-electron chi connectivity index (χ4n) is 3.29. The molecular formula is C20H20N4O3S2. The van der Waals surface area contributed by atoms with Crippen molar-refractivity contribution in [2.75, 3.05) is 16.2 Å². The van der Waals surface area contributed by atoms with Crippen LogP contribution in [-0.2, 0) is 22.9 Å². The van der Waals surface area contributed by atoms with Crippen LogP contribution in [0, 0.1) is 0 Å². The highest BCUT2D eigenvalue weighted by atomic mass is 32.2. The van der Waals surface area contributed by atoms with E-state index < -0.39 is 15.9 Å². The van der Waals surface area contributed by atoms with Crippen LogP contribution >= 0.6 is 11.3 Å². The lowest BCUT2D eigenvalue weighted by Gasteiger charge is -2.30. The maximum absolute atomic E-state index is 13.3. The zero-order valence-corrected chi connectivity index (χ0v) is 17.5. The van der Waals surface area contributed by atoms with Crippen molar-refractivity contribution >= 4 is 38.1 Å². The summed E-state index contributed by atoms with van der Waals surface area (Å²) in [6, 6.07) is 13.6. The number of anilines is 2. The molecule has 1 amide bonds. The first-order valence-electron chi connectivity index (χ1n) is 9.33. The van der Waals surface area contributed by atoms with Crippen LogP contribution in [0.15, 0.2) is 53.4 Å². The maximum Gasteiger partial charge on any atom is 0.264 e. The number of nitrogens with one attached hydrogen (secondary N) is 1. The fraction of sp³-hybridized carbons (Fsp3) is 0.250. The Morgan fingerprint density at radius 2 is 2.00 bits per heavy atom. The molecule has 2 heterocycles. The van der Waals surface area contributed by atoms with Crippen molar-refractivity contribution in [3.05, 3.63) is 64.7 Å². The van der Waals surface area contributed by atoms with Crippen molar-refractivity contribution in [2.45, 2.75) is 31.1 Å². The molecule has 0 saturated carbocycles. The predicted molar refractivity (Wildman–Crippen MR) is 113 cm³/mol. The lowest BCUT2D eigenvalue weighted by atomic mass is 10.0. The van der Waals surface area contributed by atoms with E-state index >= 15 is 0 Å². The SMILES string of the molecule is CCc1nnc(NC(=O)c2cccc(S(=O)(=O)N3CCCc4ccccc43)c2)s1. The molecule has 0 saturated heterocycles. The van der Waals surface area contributed by atoms with Gasteiger partial charge in [0.25, 0.3) is 15.9 Å². The maximum atomic E-state index is 13.3. The van der Waals surface area contributed by atoms with Gasteiger partial charge in [-0.3, -0.25) is 14.4 Å². The van der Waals surface area contributed by atoms with Gasteiger partial charge in [-0.15, -0.1) is 10.2 Å². The molecule has 1 aromatic heterocycles. The van der Waals surface area contributed by atoms with Gasteiger partial charge in [0.05, 0.1) is 10.6 Å². The average molecular weight is 429 g/mol. The van der Waals surface area contributed by atoms with E-state index in [1.807, 2.05) is 31.2 Å². The molecule has 0 aliphatic carbocycles. The number of aryl methyl sites for hydroxylation is 2. The molecule has 9 heteroatoms. The number of aromatic nitrogens is 2. The minimum absolute atomic E-state index is 0.0911. The van der Waals surface area contributed by atoms with Crippen LogP contribution < -0.4 is 9.62 Å².